The SMILES string of the molecule is C=C(N=C(C)c1ccc(OC(C)C)c(N)c1)c1cccc2c1CCC2. The Morgan fingerprint density at radius 3 is 2.72 bits per heavy atom. The fraction of sp³-hybridized carbons (Fsp3) is 0.318. The highest BCUT2D eigenvalue weighted by Crippen LogP contribution is 2.30. The third kappa shape index (κ3) is 3.76. The molecule has 0 fully saturated rings. The lowest BCUT2D eigenvalue weighted by molar-refractivity contribution is 0.244. The summed E-state index contributed by atoms with van der Waals surface area (Å²) in [6, 6.07) is 12.3. The van der Waals surface area contributed by atoms with Gasteiger partial charge in [0.15, 0.2) is 0 Å². The lowest BCUT2D eigenvalue weighted by atomic mass is 10.0. The van der Waals surface area contributed by atoms with E-state index in [1.165, 1.54) is 23.1 Å². The van der Waals surface area contributed by atoms with Crippen molar-refractivity contribution in [3.05, 3.63) is 65.2 Å². The molecular weight excluding hydrogens is 308 g/mol. The minimum absolute atomic E-state index is 0.0999. The molecule has 2 aromatic carbocycles. The molecule has 25 heavy (non-hydrogen) atoms. The molecule has 1 aliphatic carbocycles. The quantitative estimate of drug-likeness (QED) is 0.616. The third-order valence-electron chi connectivity index (χ3n) is 4.55. The van der Waals surface area contributed by atoms with Gasteiger partial charge in [0.2, 0.25) is 0 Å². The lowest BCUT2D eigenvalue weighted by Gasteiger charge is -2.13. The summed E-state index contributed by atoms with van der Waals surface area (Å²) in [6.07, 6.45) is 3.60. The summed E-state index contributed by atoms with van der Waals surface area (Å²) in [5, 5.41) is 0. The zero-order valence-corrected chi connectivity index (χ0v) is 15.3. The number of aliphatic imine (C=N–C) groups is 1. The number of nitrogens with two attached hydrogens (primary N) is 1. The van der Waals surface area contributed by atoms with Crippen LogP contribution < -0.4 is 10.5 Å². The Bertz CT molecular complexity index is 834. The van der Waals surface area contributed by atoms with Crippen molar-refractivity contribution in [2.45, 2.75) is 46.1 Å². The van der Waals surface area contributed by atoms with Crippen LogP contribution in [0.25, 0.3) is 5.70 Å². The Kier molecular flexibility index (Phi) is 4.93. The molecular formula is C22H26N2O. The van der Waals surface area contributed by atoms with Gasteiger partial charge in [-0.25, -0.2) is 0 Å². The van der Waals surface area contributed by atoms with Gasteiger partial charge in [-0.15, -0.1) is 0 Å². The van der Waals surface area contributed by atoms with Crippen LogP contribution in [0.15, 0.2) is 48.0 Å². The summed E-state index contributed by atoms with van der Waals surface area (Å²) in [5.74, 6) is 0.714. The number of hydrogen-bond donors (Lipinski definition) is 1. The first-order valence-corrected chi connectivity index (χ1v) is 8.87. The molecule has 0 aromatic heterocycles. The molecule has 0 spiro atoms. The van der Waals surface area contributed by atoms with Crippen molar-refractivity contribution in [1.29, 1.82) is 0 Å². The number of nitrogen functional groups attached to an aromatic ring is 1. The van der Waals surface area contributed by atoms with Crippen LogP contribution in [0.3, 0.4) is 0 Å². The number of hydrogen-bond acceptors (Lipinski definition) is 3. The maximum absolute atomic E-state index is 6.12. The molecule has 3 heteroatoms. The van der Waals surface area contributed by atoms with Crippen LogP contribution in [-0.4, -0.2) is 11.8 Å². The second kappa shape index (κ2) is 7.14. The van der Waals surface area contributed by atoms with Crippen LogP contribution in [0, 0.1) is 0 Å². The van der Waals surface area contributed by atoms with Gasteiger partial charge in [0.05, 0.1) is 17.5 Å². The normalized spacial score (nSPS) is 13.8. The van der Waals surface area contributed by atoms with Gasteiger partial charge >= 0.3 is 0 Å². The molecule has 0 atom stereocenters. The van der Waals surface area contributed by atoms with E-state index in [0.29, 0.717) is 11.4 Å². The van der Waals surface area contributed by atoms with E-state index in [9.17, 15) is 0 Å². The lowest BCUT2D eigenvalue weighted by Crippen LogP contribution is -2.08. The van der Waals surface area contributed by atoms with E-state index in [0.717, 1.165) is 29.8 Å². The maximum atomic E-state index is 6.12. The zero-order chi connectivity index (χ0) is 18.0. The maximum Gasteiger partial charge on any atom is 0.142 e. The van der Waals surface area contributed by atoms with Gasteiger partial charge in [-0.2, -0.15) is 0 Å². The highest BCUT2D eigenvalue weighted by molar-refractivity contribution is 6.02. The van der Waals surface area contributed by atoms with Crippen molar-refractivity contribution in [3.8, 4) is 5.75 Å². The van der Waals surface area contributed by atoms with Gasteiger partial charge in [0.25, 0.3) is 0 Å². The Labute approximate surface area is 150 Å². The topological polar surface area (TPSA) is 47.6 Å². The summed E-state index contributed by atoms with van der Waals surface area (Å²) in [5.41, 5.74) is 13.5. The van der Waals surface area contributed by atoms with E-state index in [1.54, 1.807) is 0 Å². The molecule has 0 unspecified atom stereocenters. The van der Waals surface area contributed by atoms with Crippen molar-refractivity contribution in [3.63, 3.8) is 0 Å². The van der Waals surface area contributed by atoms with E-state index in [-0.39, 0.29) is 6.10 Å². The Morgan fingerprint density at radius 1 is 1.20 bits per heavy atom. The smallest absolute Gasteiger partial charge is 0.142 e. The number of aryl methyl sites for hydroxylation is 1. The molecule has 3 rings (SSSR count). The fourth-order valence-corrected chi connectivity index (χ4v) is 3.35. The van der Waals surface area contributed by atoms with E-state index in [2.05, 4.69) is 24.8 Å². The molecule has 0 saturated carbocycles. The minimum atomic E-state index is 0.0999. The predicted octanol–water partition coefficient (Wildman–Crippen LogP) is 5.02. The standard InChI is InChI=1S/C22H26N2O/c1-14(2)25-22-12-11-18(13-21(22)23)15(3)24-16(4)19-9-5-7-17-8-6-10-20(17)19/h5,7,9,11-14H,4,6,8,10,23H2,1-3H3. The second-order valence-corrected chi connectivity index (χ2v) is 6.86. The van der Waals surface area contributed by atoms with Crippen molar-refractivity contribution < 1.29 is 4.74 Å². The van der Waals surface area contributed by atoms with Crippen molar-refractivity contribution in [1.82, 2.24) is 0 Å². The van der Waals surface area contributed by atoms with E-state index < -0.39 is 0 Å². The molecule has 0 amide bonds. The first-order chi connectivity index (χ1) is 12.0. The highest BCUT2D eigenvalue weighted by Gasteiger charge is 2.16. The van der Waals surface area contributed by atoms with Crippen molar-refractivity contribution in [2.24, 2.45) is 4.99 Å². The molecule has 2 N–H and O–H groups in total. The number of rotatable bonds is 5. The van der Waals surface area contributed by atoms with Crippen molar-refractivity contribution >= 4 is 17.1 Å². The molecule has 0 heterocycles. The fourth-order valence-electron chi connectivity index (χ4n) is 3.35. The zero-order valence-electron chi connectivity index (χ0n) is 15.3. The molecule has 0 saturated heterocycles. The van der Waals surface area contributed by atoms with E-state index in [4.69, 9.17) is 15.5 Å². The average molecular weight is 334 g/mol. The van der Waals surface area contributed by atoms with Crippen LogP contribution in [0.4, 0.5) is 5.69 Å². The number of ether oxygens (including phenoxy) is 1. The summed E-state index contributed by atoms with van der Waals surface area (Å²) >= 11 is 0. The highest BCUT2D eigenvalue weighted by atomic mass is 16.5. The average Bonchev–Trinajstić information content (AvgIpc) is 3.04. The largest absolute Gasteiger partial charge is 0.489 e. The van der Waals surface area contributed by atoms with Gasteiger partial charge in [-0.3, -0.25) is 4.99 Å². The Balaban J connectivity index is 1.85. The van der Waals surface area contributed by atoms with E-state index >= 15 is 0 Å². The number of anilines is 1. The summed E-state index contributed by atoms with van der Waals surface area (Å²) < 4.78 is 5.70. The van der Waals surface area contributed by atoms with Gasteiger partial charge < -0.3 is 10.5 Å². The van der Waals surface area contributed by atoms with Crippen LogP contribution in [0.1, 0.15) is 49.4 Å². The summed E-state index contributed by atoms with van der Waals surface area (Å²) in [4.78, 5) is 4.75. The Morgan fingerprint density at radius 2 is 2.00 bits per heavy atom. The molecule has 0 aliphatic heterocycles. The first kappa shape index (κ1) is 17.3. The van der Waals surface area contributed by atoms with Gasteiger partial charge in [0.1, 0.15) is 5.75 Å². The molecule has 2 aromatic rings. The molecule has 1 aliphatic rings. The number of nitrogens with zero attached hydrogens (tertiary/aromatic N) is 1. The minimum Gasteiger partial charge on any atom is -0.489 e. The second-order valence-electron chi connectivity index (χ2n) is 6.86. The van der Waals surface area contributed by atoms with Gasteiger partial charge in [-0.1, -0.05) is 24.8 Å². The number of benzene rings is 2. The monoisotopic (exact) mass is 334 g/mol. The van der Waals surface area contributed by atoms with E-state index in [1.807, 2.05) is 39.0 Å². The summed E-state index contributed by atoms with van der Waals surface area (Å²) in [6.45, 7) is 10.2. The predicted molar refractivity (Wildman–Crippen MR) is 106 cm³/mol. The van der Waals surface area contributed by atoms with Crippen LogP contribution >= 0.6 is 0 Å². The number of fused-ring (bicyclic) bond motifs is 1. The summed E-state index contributed by atoms with van der Waals surface area (Å²) in [7, 11) is 0. The van der Waals surface area contributed by atoms with Crippen LogP contribution in [0.5, 0.6) is 5.75 Å². The first-order valence-electron chi connectivity index (χ1n) is 8.87. The van der Waals surface area contributed by atoms with Gasteiger partial charge in [-0.05, 0) is 74.9 Å². The van der Waals surface area contributed by atoms with Crippen LogP contribution in [-0.2, 0) is 12.8 Å². The van der Waals surface area contributed by atoms with Gasteiger partial charge in [0, 0.05) is 11.3 Å². The van der Waals surface area contributed by atoms with Crippen molar-refractivity contribution in [2.75, 3.05) is 5.73 Å². The third-order valence-corrected chi connectivity index (χ3v) is 4.55. The van der Waals surface area contributed by atoms with Crippen LogP contribution in [0.2, 0.25) is 0 Å². The molecule has 3 nitrogen and oxygen atoms in total. The molecule has 0 radical (unpaired) electrons. The Hall–Kier alpha value is -2.55. The molecule has 130 valence electrons. The molecule has 0 bridgehead atoms.